The Morgan fingerprint density at radius 3 is 3.00 bits per heavy atom. The van der Waals surface area contributed by atoms with Crippen molar-refractivity contribution in [3.8, 4) is 6.07 Å². The molecule has 0 aromatic carbocycles. The lowest BCUT2D eigenvalue weighted by atomic mass is 9.97. The summed E-state index contributed by atoms with van der Waals surface area (Å²) in [6.45, 7) is 3.06. The molecule has 0 saturated heterocycles. The number of thioether (sulfide) groups is 1. The minimum absolute atomic E-state index is 0.326. The molecule has 3 nitrogen and oxygen atoms in total. The van der Waals surface area contributed by atoms with E-state index < -0.39 is 0 Å². The second-order valence-electron chi connectivity index (χ2n) is 4.86. The Kier molecular flexibility index (Phi) is 4.73. The molecule has 1 saturated carbocycles. The van der Waals surface area contributed by atoms with Crippen LogP contribution < -0.4 is 5.32 Å². The molecule has 1 aliphatic carbocycles. The Morgan fingerprint density at radius 2 is 2.44 bits per heavy atom. The molecule has 1 heterocycles. The van der Waals surface area contributed by atoms with Crippen molar-refractivity contribution in [1.29, 1.82) is 5.26 Å². The van der Waals surface area contributed by atoms with E-state index in [1.54, 1.807) is 18.0 Å². The van der Waals surface area contributed by atoms with Crippen molar-refractivity contribution >= 4 is 11.8 Å². The summed E-state index contributed by atoms with van der Waals surface area (Å²) in [5.74, 6) is 3.21. The van der Waals surface area contributed by atoms with Gasteiger partial charge in [-0.1, -0.05) is 6.92 Å². The molecule has 1 aromatic heterocycles. The van der Waals surface area contributed by atoms with Crippen LogP contribution in [-0.2, 0) is 5.75 Å². The summed E-state index contributed by atoms with van der Waals surface area (Å²) in [5.41, 5.74) is -0.326. The van der Waals surface area contributed by atoms with E-state index in [0.29, 0.717) is 5.92 Å². The molecule has 0 aliphatic heterocycles. The minimum Gasteiger partial charge on any atom is -0.468 e. The summed E-state index contributed by atoms with van der Waals surface area (Å²) in [6, 6.07) is 6.42. The average Bonchev–Trinajstić information content (AvgIpc) is 3.12. The number of hydrogen-bond acceptors (Lipinski definition) is 4. The molecule has 1 unspecified atom stereocenters. The van der Waals surface area contributed by atoms with E-state index in [1.165, 1.54) is 12.8 Å². The maximum atomic E-state index is 9.52. The lowest BCUT2D eigenvalue weighted by Gasteiger charge is -2.27. The minimum atomic E-state index is -0.326. The van der Waals surface area contributed by atoms with Crippen LogP contribution in [0, 0.1) is 17.2 Å². The first-order valence-corrected chi connectivity index (χ1v) is 7.72. The van der Waals surface area contributed by atoms with Crippen molar-refractivity contribution in [3.63, 3.8) is 0 Å². The molecule has 2 rings (SSSR count). The van der Waals surface area contributed by atoms with Crippen molar-refractivity contribution in [2.45, 2.75) is 37.5 Å². The van der Waals surface area contributed by atoms with Crippen molar-refractivity contribution < 1.29 is 4.42 Å². The fourth-order valence-corrected chi connectivity index (χ4v) is 3.30. The molecule has 1 aliphatic rings. The van der Waals surface area contributed by atoms with Crippen LogP contribution in [0.1, 0.15) is 31.9 Å². The summed E-state index contributed by atoms with van der Waals surface area (Å²) in [4.78, 5) is 0. The van der Waals surface area contributed by atoms with Gasteiger partial charge < -0.3 is 4.42 Å². The Morgan fingerprint density at radius 1 is 1.61 bits per heavy atom. The third kappa shape index (κ3) is 3.30. The maximum absolute atomic E-state index is 9.52. The van der Waals surface area contributed by atoms with Gasteiger partial charge in [-0.2, -0.15) is 17.0 Å². The van der Waals surface area contributed by atoms with Crippen molar-refractivity contribution in [3.05, 3.63) is 24.2 Å². The smallest absolute Gasteiger partial charge is 0.118 e. The molecule has 1 N–H and O–H groups in total. The van der Waals surface area contributed by atoms with Gasteiger partial charge in [0.05, 0.1) is 18.1 Å². The maximum Gasteiger partial charge on any atom is 0.118 e. The molecule has 1 aromatic rings. The van der Waals surface area contributed by atoms with Crippen LogP contribution in [0.3, 0.4) is 0 Å². The Balaban J connectivity index is 1.86. The number of furan rings is 1. The van der Waals surface area contributed by atoms with E-state index in [0.717, 1.165) is 30.2 Å². The first kappa shape index (κ1) is 13.5. The fourth-order valence-electron chi connectivity index (χ4n) is 2.11. The number of nitrogens with zero attached hydrogens (tertiary/aromatic N) is 1. The Labute approximate surface area is 113 Å². The van der Waals surface area contributed by atoms with Gasteiger partial charge >= 0.3 is 0 Å². The monoisotopic (exact) mass is 264 g/mol. The number of nitrogens with one attached hydrogen (secondary N) is 1. The summed E-state index contributed by atoms with van der Waals surface area (Å²) >= 11 is 1.78. The van der Waals surface area contributed by atoms with E-state index in [1.807, 2.05) is 12.1 Å². The fraction of sp³-hybridized carbons (Fsp3) is 0.643. The largest absolute Gasteiger partial charge is 0.468 e. The van der Waals surface area contributed by atoms with E-state index in [2.05, 4.69) is 18.3 Å². The van der Waals surface area contributed by atoms with Gasteiger partial charge in [-0.3, -0.25) is 5.32 Å². The highest BCUT2D eigenvalue weighted by Gasteiger charge is 2.45. The van der Waals surface area contributed by atoms with E-state index in [4.69, 9.17) is 4.42 Å². The van der Waals surface area contributed by atoms with Gasteiger partial charge in [0.1, 0.15) is 11.3 Å². The van der Waals surface area contributed by atoms with Gasteiger partial charge in [0, 0.05) is 5.75 Å². The predicted octanol–water partition coefficient (Wildman–Crippen LogP) is 3.18. The van der Waals surface area contributed by atoms with Crippen LogP contribution in [0.25, 0.3) is 0 Å². The van der Waals surface area contributed by atoms with Gasteiger partial charge in [-0.25, -0.2) is 0 Å². The molecule has 0 spiro atoms. The normalized spacial score (nSPS) is 18.2. The van der Waals surface area contributed by atoms with Crippen LogP contribution in [0.2, 0.25) is 0 Å². The molecule has 0 amide bonds. The highest BCUT2D eigenvalue weighted by atomic mass is 32.2. The van der Waals surface area contributed by atoms with Crippen LogP contribution in [0.15, 0.2) is 22.8 Å². The lowest BCUT2D eigenvalue weighted by molar-refractivity contribution is 0.405. The summed E-state index contributed by atoms with van der Waals surface area (Å²) in [7, 11) is 0. The standard InChI is InChI=1S/C14H20N2OS/c1-2-7-16-14(10-15,12-5-6-12)11-18-9-13-4-3-8-17-13/h3-4,8,12,16H,2,5-7,9,11H2,1H3. The first-order chi connectivity index (χ1) is 8.80. The number of nitriles is 1. The van der Waals surface area contributed by atoms with Gasteiger partial charge in [0.15, 0.2) is 0 Å². The predicted molar refractivity (Wildman–Crippen MR) is 74.2 cm³/mol. The SMILES string of the molecule is CCCNC(C#N)(CSCc1ccco1)C1CC1. The summed E-state index contributed by atoms with van der Waals surface area (Å²) in [6.07, 6.45) is 5.14. The third-order valence-electron chi connectivity index (χ3n) is 3.32. The number of hydrogen-bond donors (Lipinski definition) is 1. The quantitative estimate of drug-likeness (QED) is 0.783. The summed E-state index contributed by atoms with van der Waals surface area (Å²) in [5, 5.41) is 13.0. The van der Waals surface area contributed by atoms with Crippen LogP contribution in [0.4, 0.5) is 0 Å². The average molecular weight is 264 g/mol. The molecular weight excluding hydrogens is 244 g/mol. The van der Waals surface area contributed by atoms with E-state index in [9.17, 15) is 5.26 Å². The second-order valence-corrected chi connectivity index (χ2v) is 5.84. The summed E-state index contributed by atoms with van der Waals surface area (Å²) < 4.78 is 5.31. The molecule has 98 valence electrons. The zero-order chi connectivity index (χ0) is 12.8. The molecule has 4 heteroatoms. The van der Waals surface area contributed by atoms with Crippen molar-refractivity contribution in [2.75, 3.05) is 12.3 Å². The van der Waals surface area contributed by atoms with Crippen molar-refractivity contribution in [1.82, 2.24) is 5.32 Å². The van der Waals surface area contributed by atoms with E-state index >= 15 is 0 Å². The second kappa shape index (κ2) is 6.31. The Hall–Kier alpha value is -0.920. The molecule has 1 atom stereocenters. The van der Waals surface area contributed by atoms with Crippen LogP contribution in [-0.4, -0.2) is 17.8 Å². The molecule has 0 bridgehead atoms. The number of rotatable bonds is 8. The topological polar surface area (TPSA) is 49.0 Å². The Bertz CT molecular complexity index is 394. The third-order valence-corrected chi connectivity index (χ3v) is 4.47. The molecular formula is C14H20N2OS. The highest BCUT2D eigenvalue weighted by Crippen LogP contribution is 2.41. The van der Waals surface area contributed by atoms with Gasteiger partial charge in [-0.05, 0) is 43.9 Å². The first-order valence-electron chi connectivity index (χ1n) is 6.57. The molecule has 18 heavy (non-hydrogen) atoms. The van der Waals surface area contributed by atoms with Gasteiger partial charge in [0.2, 0.25) is 0 Å². The van der Waals surface area contributed by atoms with Crippen molar-refractivity contribution in [2.24, 2.45) is 5.92 Å². The zero-order valence-electron chi connectivity index (χ0n) is 10.8. The zero-order valence-corrected chi connectivity index (χ0v) is 11.6. The van der Waals surface area contributed by atoms with Crippen LogP contribution >= 0.6 is 11.8 Å². The lowest BCUT2D eigenvalue weighted by Crippen LogP contribution is -2.48. The van der Waals surface area contributed by atoms with Gasteiger partial charge in [0.25, 0.3) is 0 Å². The van der Waals surface area contributed by atoms with Crippen LogP contribution in [0.5, 0.6) is 0 Å². The van der Waals surface area contributed by atoms with Gasteiger partial charge in [-0.15, -0.1) is 0 Å². The molecule has 1 fully saturated rings. The highest BCUT2D eigenvalue weighted by molar-refractivity contribution is 7.98. The van der Waals surface area contributed by atoms with E-state index in [-0.39, 0.29) is 5.54 Å². The molecule has 0 radical (unpaired) electrons.